The average molecular weight is 309 g/mol. The summed E-state index contributed by atoms with van der Waals surface area (Å²) in [4.78, 5) is 11.5. The van der Waals surface area contributed by atoms with E-state index >= 15 is 0 Å². The van der Waals surface area contributed by atoms with Gasteiger partial charge < -0.3 is 4.74 Å². The van der Waals surface area contributed by atoms with Crippen LogP contribution >= 0.6 is 0 Å². The molecule has 0 aliphatic heterocycles. The number of carbonyl (C=O) groups excluding carboxylic acids is 1. The van der Waals surface area contributed by atoms with E-state index in [-0.39, 0.29) is 12.1 Å². The first-order valence-electron chi connectivity index (χ1n) is 8.71. The average Bonchev–Trinajstić information content (AvgIpc) is 2.37. The Morgan fingerprint density at radius 3 is 2.41 bits per heavy atom. The summed E-state index contributed by atoms with van der Waals surface area (Å²) in [5.74, 6) is 0.436. The van der Waals surface area contributed by atoms with Gasteiger partial charge in [0.15, 0.2) is 0 Å². The van der Waals surface area contributed by atoms with E-state index in [2.05, 4.69) is 33.8 Å². The Labute approximate surface area is 138 Å². The van der Waals surface area contributed by atoms with Crippen LogP contribution < -0.4 is 0 Å². The lowest BCUT2D eigenvalue weighted by molar-refractivity contribution is -0.141. The van der Waals surface area contributed by atoms with Crippen LogP contribution in [0.15, 0.2) is 23.8 Å². The van der Waals surface area contributed by atoms with E-state index in [1.807, 2.05) is 26.8 Å². The maximum Gasteiger partial charge on any atom is 0.331 e. The molecule has 2 nitrogen and oxygen atoms in total. The van der Waals surface area contributed by atoms with Gasteiger partial charge in [0, 0.05) is 6.08 Å². The molecule has 22 heavy (non-hydrogen) atoms. The van der Waals surface area contributed by atoms with Gasteiger partial charge in [-0.1, -0.05) is 59.1 Å². The number of ether oxygens (including phenoxy) is 1. The molecule has 0 aliphatic rings. The van der Waals surface area contributed by atoms with Crippen LogP contribution in [0, 0.1) is 11.3 Å². The molecule has 0 radical (unpaired) electrons. The number of esters is 1. The van der Waals surface area contributed by atoms with E-state index in [1.165, 1.54) is 25.7 Å². The van der Waals surface area contributed by atoms with Gasteiger partial charge in [-0.3, -0.25) is 0 Å². The van der Waals surface area contributed by atoms with Crippen molar-refractivity contribution in [3.8, 4) is 0 Å². The first-order chi connectivity index (χ1) is 10.2. The molecule has 1 atom stereocenters. The molecule has 0 amide bonds. The van der Waals surface area contributed by atoms with E-state index in [0.29, 0.717) is 11.3 Å². The maximum absolute atomic E-state index is 11.5. The predicted octanol–water partition coefficient (Wildman–Crippen LogP) is 6.07. The molecule has 0 heterocycles. The summed E-state index contributed by atoms with van der Waals surface area (Å²) in [5, 5.41) is 0. The molecule has 0 fully saturated rings. The van der Waals surface area contributed by atoms with Crippen LogP contribution in [-0.4, -0.2) is 12.1 Å². The summed E-state index contributed by atoms with van der Waals surface area (Å²) in [6.07, 6.45) is 11.9. The Morgan fingerprint density at radius 2 is 1.86 bits per heavy atom. The number of allylic oxidation sites excluding steroid dienone is 3. The van der Waals surface area contributed by atoms with Gasteiger partial charge in [-0.2, -0.15) is 0 Å². The second-order valence-electron chi connectivity index (χ2n) is 7.53. The maximum atomic E-state index is 11.5. The van der Waals surface area contributed by atoms with Crippen LogP contribution in [0.1, 0.15) is 80.6 Å². The lowest BCUT2D eigenvalue weighted by atomic mass is 9.83. The van der Waals surface area contributed by atoms with Gasteiger partial charge >= 0.3 is 5.97 Å². The smallest absolute Gasteiger partial charge is 0.331 e. The highest BCUT2D eigenvalue weighted by Crippen LogP contribution is 2.28. The summed E-state index contributed by atoms with van der Waals surface area (Å²) in [6.45, 7) is 14.9. The van der Waals surface area contributed by atoms with Crippen LogP contribution in [0.25, 0.3) is 0 Å². The van der Waals surface area contributed by atoms with Gasteiger partial charge in [0.05, 0.1) is 6.10 Å². The Balaban J connectivity index is 4.05. The third kappa shape index (κ3) is 11.6. The first-order valence-corrected chi connectivity index (χ1v) is 8.71. The summed E-state index contributed by atoms with van der Waals surface area (Å²) in [5.41, 5.74) is 1.43. The minimum atomic E-state index is -0.257. The number of hydrogen-bond donors (Lipinski definition) is 0. The van der Waals surface area contributed by atoms with E-state index in [9.17, 15) is 4.79 Å². The van der Waals surface area contributed by atoms with Crippen LogP contribution in [0.4, 0.5) is 0 Å². The predicted molar refractivity (Wildman–Crippen MR) is 95.8 cm³/mol. The number of carbonyl (C=O) groups is 1. The Morgan fingerprint density at radius 1 is 1.23 bits per heavy atom. The van der Waals surface area contributed by atoms with Crippen LogP contribution in [0.5, 0.6) is 0 Å². The largest absolute Gasteiger partial charge is 0.460 e. The van der Waals surface area contributed by atoms with Gasteiger partial charge in [-0.05, 0) is 50.5 Å². The van der Waals surface area contributed by atoms with Crippen molar-refractivity contribution in [3.05, 3.63) is 23.8 Å². The molecule has 128 valence electrons. The minimum absolute atomic E-state index is 0.0621. The van der Waals surface area contributed by atoms with E-state index < -0.39 is 0 Å². The van der Waals surface area contributed by atoms with Gasteiger partial charge in [0.25, 0.3) is 0 Å². The molecule has 0 rings (SSSR count). The highest BCUT2D eigenvalue weighted by molar-refractivity contribution is 5.83. The van der Waals surface area contributed by atoms with Crippen LogP contribution in [0.3, 0.4) is 0 Å². The quantitative estimate of drug-likeness (QED) is 0.278. The van der Waals surface area contributed by atoms with Crippen LogP contribution in [-0.2, 0) is 9.53 Å². The fraction of sp³-hybridized carbons (Fsp3) is 0.750. The molecule has 0 aromatic carbocycles. The Hall–Kier alpha value is -1.05. The van der Waals surface area contributed by atoms with E-state index in [4.69, 9.17) is 4.74 Å². The van der Waals surface area contributed by atoms with Crippen molar-refractivity contribution in [2.24, 2.45) is 11.3 Å². The summed E-state index contributed by atoms with van der Waals surface area (Å²) < 4.78 is 5.09. The zero-order valence-electron chi connectivity index (χ0n) is 15.7. The van der Waals surface area contributed by atoms with E-state index in [0.717, 1.165) is 12.0 Å². The van der Waals surface area contributed by atoms with Crippen molar-refractivity contribution in [1.82, 2.24) is 0 Å². The van der Waals surface area contributed by atoms with Gasteiger partial charge in [-0.15, -0.1) is 0 Å². The van der Waals surface area contributed by atoms with Crippen molar-refractivity contribution in [2.75, 3.05) is 0 Å². The molecular weight excluding hydrogens is 272 g/mol. The molecule has 1 unspecified atom stereocenters. The third-order valence-electron chi connectivity index (χ3n) is 4.12. The first kappa shape index (κ1) is 20.9. The molecule has 0 aliphatic carbocycles. The van der Waals surface area contributed by atoms with Gasteiger partial charge in [0.2, 0.25) is 0 Å². The Kier molecular flexibility index (Phi) is 10.1. The van der Waals surface area contributed by atoms with Crippen molar-refractivity contribution >= 4 is 5.97 Å². The normalized spacial score (nSPS) is 14.6. The standard InChI is InChI=1S/C20H36O2/c1-8-20(6,7)14-10-13-17(4)11-9-12-18(5)15-19(21)22-16(2)3/h9,12,15-17H,8,10-11,13-14H2,1-7H3. The molecule has 2 heteroatoms. The number of rotatable bonds is 10. The lowest BCUT2D eigenvalue weighted by Crippen LogP contribution is -2.09. The third-order valence-corrected chi connectivity index (χ3v) is 4.12. The highest BCUT2D eigenvalue weighted by Gasteiger charge is 2.14. The zero-order valence-corrected chi connectivity index (χ0v) is 15.7. The number of hydrogen-bond acceptors (Lipinski definition) is 2. The molecule has 0 saturated heterocycles. The van der Waals surface area contributed by atoms with Crippen molar-refractivity contribution in [2.45, 2.75) is 86.7 Å². The SMILES string of the molecule is CCC(C)(C)CCCC(C)CC=CC(C)=CC(=O)OC(C)C. The molecule has 0 aromatic rings. The minimum Gasteiger partial charge on any atom is -0.460 e. The van der Waals surface area contributed by atoms with Crippen LogP contribution in [0.2, 0.25) is 0 Å². The molecule has 0 saturated carbocycles. The molecule has 0 spiro atoms. The zero-order chi connectivity index (χ0) is 17.2. The van der Waals surface area contributed by atoms with Crippen molar-refractivity contribution in [1.29, 1.82) is 0 Å². The summed E-state index contributed by atoms with van der Waals surface area (Å²) in [6, 6.07) is 0. The van der Waals surface area contributed by atoms with Gasteiger partial charge in [-0.25, -0.2) is 4.79 Å². The second-order valence-corrected chi connectivity index (χ2v) is 7.53. The summed E-state index contributed by atoms with van der Waals surface area (Å²) >= 11 is 0. The molecular formula is C20H36O2. The highest BCUT2D eigenvalue weighted by atomic mass is 16.5. The molecule has 0 N–H and O–H groups in total. The molecule has 0 aromatic heterocycles. The topological polar surface area (TPSA) is 26.3 Å². The van der Waals surface area contributed by atoms with Gasteiger partial charge in [0.1, 0.15) is 0 Å². The van der Waals surface area contributed by atoms with E-state index in [1.54, 1.807) is 6.08 Å². The fourth-order valence-electron chi connectivity index (χ4n) is 2.21. The lowest BCUT2D eigenvalue weighted by Gasteiger charge is -2.23. The summed E-state index contributed by atoms with van der Waals surface area (Å²) in [7, 11) is 0. The molecule has 0 bridgehead atoms. The second kappa shape index (κ2) is 10.6. The van der Waals surface area contributed by atoms with Crippen molar-refractivity contribution < 1.29 is 9.53 Å². The monoisotopic (exact) mass is 308 g/mol. The van der Waals surface area contributed by atoms with Crippen molar-refractivity contribution in [3.63, 3.8) is 0 Å². The fourth-order valence-corrected chi connectivity index (χ4v) is 2.21. The Bertz CT molecular complexity index is 375.